The number of pyridine rings is 1. The van der Waals surface area contributed by atoms with Gasteiger partial charge in [0.15, 0.2) is 0 Å². The number of anilines is 1. The normalized spacial score (nSPS) is 10.8. The smallest absolute Gasteiger partial charge is 0.254 e. The summed E-state index contributed by atoms with van der Waals surface area (Å²) in [6, 6.07) is 17.0. The standard InChI is InChI=1S/C20H21N3O2/c1-23(11-12-25-2)20(24)17-13-19(14-7-9-15(21)10-8-14)22-18-6-4-3-5-16(17)18/h3-10,13H,11-12,21H2,1-2H3. The maximum Gasteiger partial charge on any atom is 0.254 e. The highest BCUT2D eigenvalue weighted by Crippen LogP contribution is 2.26. The van der Waals surface area contributed by atoms with Gasteiger partial charge in [-0.15, -0.1) is 0 Å². The molecule has 1 amide bonds. The van der Waals surface area contributed by atoms with E-state index in [0.29, 0.717) is 24.4 Å². The molecule has 0 aliphatic heterocycles. The van der Waals surface area contributed by atoms with E-state index in [9.17, 15) is 4.79 Å². The number of carbonyl (C=O) groups is 1. The van der Waals surface area contributed by atoms with Crippen molar-refractivity contribution in [2.45, 2.75) is 0 Å². The van der Waals surface area contributed by atoms with E-state index in [0.717, 1.165) is 22.2 Å². The number of amides is 1. The molecule has 0 saturated heterocycles. The minimum Gasteiger partial charge on any atom is -0.399 e. The van der Waals surface area contributed by atoms with Crippen LogP contribution in [-0.4, -0.2) is 43.1 Å². The van der Waals surface area contributed by atoms with Crippen molar-refractivity contribution < 1.29 is 9.53 Å². The van der Waals surface area contributed by atoms with Crippen LogP contribution in [0.5, 0.6) is 0 Å². The molecule has 2 N–H and O–H groups in total. The Morgan fingerprint density at radius 3 is 2.60 bits per heavy atom. The molecule has 3 rings (SSSR count). The van der Waals surface area contributed by atoms with Crippen LogP contribution in [0.2, 0.25) is 0 Å². The number of nitrogens with two attached hydrogens (primary N) is 1. The molecule has 0 spiro atoms. The number of nitrogens with zero attached hydrogens (tertiary/aromatic N) is 2. The van der Waals surface area contributed by atoms with Crippen LogP contribution in [-0.2, 0) is 4.74 Å². The van der Waals surface area contributed by atoms with E-state index in [1.807, 2.05) is 54.6 Å². The second-order valence-corrected chi connectivity index (χ2v) is 5.91. The van der Waals surface area contributed by atoms with E-state index in [1.165, 1.54) is 0 Å². The maximum atomic E-state index is 12.9. The van der Waals surface area contributed by atoms with E-state index in [1.54, 1.807) is 19.1 Å². The molecule has 1 aromatic heterocycles. The molecule has 0 bridgehead atoms. The Hall–Kier alpha value is -2.92. The summed E-state index contributed by atoms with van der Waals surface area (Å²) in [7, 11) is 3.40. The van der Waals surface area contributed by atoms with Crippen LogP contribution in [0.1, 0.15) is 10.4 Å². The average molecular weight is 335 g/mol. The van der Waals surface area contributed by atoms with Crippen LogP contribution in [0.4, 0.5) is 5.69 Å². The van der Waals surface area contributed by atoms with Gasteiger partial charge in [-0.2, -0.15) is 0 Å². The number of para-hydroxylation sites is 1. The molecule has 5 heteroatoms. The first-order valence-electron chi connectivity index (χ1n) is 8.10. The van der Waals surface area contributed by atoms with Gasteiger partial charge in [0.05, 0.1) is 23.4 Å². The molecule has 0 aliphatic carbocycles. The zero-order valence-corrected chi connectivity index (χ0v) is 14.4. The summed E-state index contributed by atoms with van der Waals surface area (Å²) < 4.78 is 5.07. The van der Waals surface area contributed by atoms with E-state index in [-0.39, 0.29) is 5.91 Å². The van der Waals surface area contributed by atoms with Crippen LogP contribution in [0.25, 0.3) is 22.2 Å². The third-order valence-electron chi connectivity index (χ3n) is 4.13. The third kappa shape index (κ3) is 3.61. The van der Waals surface area contributed by atoms with Crippen molar-refractivity contribution in [1.82, 2.24) is 9.88 Å². The number of ether oxygens (including phenoxy) is 1. The lowest BCUT2D eigenvalue weighted by molar-refractivity contribution is 0.0746. The zero-order valence-electron chi connectivity index (χ0n) is 14.4. The molecule has 0 saturated carbocycles. The molecule has 5 nitrogen and oxygen atoms in total. The van der Waals surface area contributed by atoms with Gasteiger partial charge in [-0.3, -0.25) is 4.79 Å². The Balaban J connectivity index is 2.09. The van der Waals surface area contributed by atoms with Crippen molar-refractivity contribution in [2.75, 3.05) is 33.0 Å². The van der Waals surface area contributed by atoms with Crippen molar-refractivity contribution in [3.63, 3.8) is 0 Å². The largest absolute Gasteiger partial charge is 0.399 e. The molecule has 0 fully saturated rings. The first kappa shape index (κ1) is 16.9. The predicted molar refractivity (Wildman–Crippen MR) is 100 cm³/mol. The molecule has 3 aromatic rings. The van der Waals surface area contributed by atoms with Crippen LogP contribution < -0.4 is 5.73 Å². The Morgan fingerprint density at radius 1 is 1.16 bits per heavy atom. The van der Waals surface area contributed by atoms with Gasteiger partial charge in [0.2, 0.25) is 0 Å². The molecule has 0 aliphatic rings. The quantitative estimate of drug-likeness (QED) is 0.727. The van der Waals surface area contributed by atoms with Crippen molar-refractivity contribution in [3.05, 3.63) is 60.2 Å². The van der Waals surface area contributed by atoms with E-state index >= 15 is 0 Å². The molecule has 128 valence electrons. The van der Waals surface area contributed by atoms with Gasteiger partial charge in [0.25, 0.3) is 5.91 Å². The first-order chi connectivity index (χ1) is 12.1. The SMILES string of the molecule is COCCN(C)C(=O)c1cc(-c2ccc(N)cc2)nc2ccccc12. The highest BCUT2D eigenvalue weighted by Gasteiger charge is 2.17. The summed E-state index contributed by atoms with van der Waals surface area (Å²) in [4.78, 5) is 19.3. The molecule has 1 heterocycles. The van der Waals surface area contributed by atoms with E-state index in [2.05, 4.69) is 0 Å². The first-order valence-corrected chi connectivity index (χ1v) is 8.10. The Kier molecular flexibility index (Phi) is 4.95. The second kappa shape index (κ2) is 7.32. The number of carbonyl (C=O) groups excluding carboxylic acids is 1. The molecule has 0 unspecified atom stereocenters. The highest BCUT2D eigenvalue weighted by atomic mass is 16.5. The molecule has 0 radical (unpaired) electrons. The lowest BCUT2D eigenvalue weighted by atomic mass is 10.0. The number of hydrogen-bond acceptors (Lipinski definition) is 4. The molecular formula is C20H21N3O2. The van der Waals surface area contributed by atoms with Crippen molar-refractivity contribution in [2.24, 2.45) is 0 Å². The lowest BCUT2D eigenvalue weighted by Crippen LogP contribution is -2.30. The molecule has 2 aromatic carbocycles. The summed E-state index contributed by atoms with van der Waals surface area (Å²) >= 11 is 0. The molecular weight excluding hydrogens is 314 g/mol. The second-order valence-electron chi connectivity index (χ2n) is 5.91. The minimum absolute atomic E-state index is 0.0488. The number of hydrogen-bond donors (Lipinski definition) is 1. The Bertz CT molecular complexity index is 891. The highest BCUT2D eigenvalue weighted by molar-refractivity contribution is 6.07. The van der Waals surface area contributed by atoms with Gasteiger partial charge < -0.3 is 15.4 Å². The fraction of sp³-hybridized carbons (Fsp3) is 0.200. The van der Waals surface area contributed by atoms with Crippen molar-refractivity contribution >= 4 is 22.5 Å². The van der Waals surface area contributed by atoms with E-state index < -0.39 is 0 Å². The van der Waals surface area contributed by atoms with Gasteiger partial charge >= 0.3 is 0 Å². The topological polar surface area (TPSA) is 68.5 Å². The third-order valence-corrected chi connectivity index (χ3v) is 4.13. The van der Waals surface area contributed by atoms with Gasteiger partial charge in [0.1, 0.15) is 0 Å². The summed E-state index contributed by atoms with van der Waals surface area (Å²) in [5.74, 6) is -0.0488. The number of aromatic nitrogens is 1. The zero-order chi connectivity index (χ0) is 17.8. The Labute approximate surface area is 147 Å². The van der Waals surface area contributed by atoms with Gasteiger partial charge in [-0.1, -0.05) is 30.3 Å². The van der Waals surface area contributed by atoms with Crippen LogP contribution in [0.3, 0.4) is 0 Å². The maximum absolute atomic E-state index is 12.9. The predicted octanol–water partition coefficient (Wildman–Crippen LogP) is 3.20. The number of rotatable bonds is 5. The minimum atomic E-state index is -0.0488. The van der Waals surface area contributed by atoms with Gasteiger partial charge in [-0.05, 0) is 24.3 Å². The monoisotopic (exact) mass is 335 g/mol. The Morgan fingerprint density at radius 2 is 1.88 bits per heavy atom. The summed E-state index contributed by atoms with van der Waals surface area (Å²) in [6.45, 7) is 1.03. The summed E-state index contributed by atoms with van der Waals surface area (Å²) in [6.07, 6.45) is 0. The van der Waals surface area contributed by atoms with E-state index in [4.69, 9.17) is 15.5 Å². The molecule has 0 atom stereocenters. The van der Waals surface area contributed by atoms with Crippen molar-refractivity contribution in [3.8, 4) is 11.3 Å². The van der Waals surface area contributed by atoms with Crippen LogP contribution in [0.15, 0.2) is 54.6 Å². The van der Waals surface area contributed by atoms with Crippen LogP contribution in [0, 0.1) is 0 Å². The average Bonchev–Trinajstić information content (AvgIpc) is 2.65. The number of benzene rings is 2. The number of nitrogen functional groups attached to an aromatic ring is 1. The number of likely N-dealkylation sites (N-methyl/N-ethyl adjacent to an activating group) is 1. The fourth-order valence-electron chi connectivity index (χ4n) is 2.69. The summed E-state index contributed by atoms with van der Waals surface area (Å²) in [5, 5.41) is 0.843. The van der Waals surface area contributed by atoms with Crippen LogP contribution >= 0.6 is 0 Å². The number of methoxy groups -OCH3 is 1. The lowest BCUT2D eigenvalue weighted by Gasteiger charge is -2.18. The fourth-order valence-corrected chi connectivity index (χ4v) is 2.69. The number of fused-ring (bicyclic) bond motifs is 1. The molecule has 25 heavy (non-hydrogen) atoms. The van der Waals surface area contributed by atoms with Gasteiger partial charge in [-0.25, -0.2) is 4.98 Å². The van der Waals surface area contributed by atoms with Crippen molar-refractivity contribution in [1.29, 1.82) is 0 Å². The van der Waals surface area contributed by atoms with Gasteiger partial charge in [0, 0.05) is 37.3 Å². The summed E-state index contributed by atoms with van der Waals surface area (Å²) in [5.41, 5.74) is 9.56.